The Morgan fingerprint density at radius 3 is 2.47 bits per heavy atom. The molecule has 1 rings (SSSR count). The highest BCUT2D eigenvalue weighted by Crippen LogP contribution is 2.15. The first-order valence-electron chi connectivity index (χ1n) is 5.49. The van der Waals surface area contributed by atoms with Crippen molar-refractivity contribution < 1.29 is 14.7 Å². The van der Waals surface area contributed by atoms with Gasteiger partial charge in [0.15, 0.2) is 0 Å². The minimum atomic E-state index is -0.873. The number of hydrogen-bond donors (Lipinski definition) is 2. The molecule has 94 valence electrons. The van der Waals surface area contributed by atoms with Gasteiger partial charge in [0.25, 0.3) is 5.91 Å². The molecule has 0 bridgehead atoms. The summed E-state index contributed by atoms with van der Waals surface area (Å²) in [7, 11) is 0. The molecule has 1 aromatic rings. The first-order chi connectivity index (χ1) is 7.91. The smallest absolute Gasteiger partial charge is 0.308 e. The predicted molar refractivity (Wildman–Crippen MR) is 67.4 cm³/mol. The number of carboxylic acids is 1. The van der Waals surface area contributed by atoms with E-state index in [1.165, 1.54) is 11.3 Å². The zero-order valence-electron chi connectivity index (χ0n) is 10.2. The van der Waals surface area contributed by atoms with Crippen LogP contribution in [-0.2, 0) is 4.79 Å². The number of aliphatic carboxylic acids is 1. The van der Waals surface area contributed by atoms with Crippen LogP contribution in [0, 0.1) is 18.8 Å². The molecule has 0 saturated carbocycles. The highest BCUT2D eigenvalue weighted by atomic mass is 32.1. The van der Waals surface area contributed by atoms with Crippen LogP contribution in [0.3, 0.4) is 0 Å². The Morgan fingerprint density at radius 1 is 1.41 bits per heavy atom. The summed E-state index contributed by atoms with van der Waals surface area (Å²) in [6.45, 7) is 5.76. The van der Waals surface area contributed by atoms with Crippen LogP contribution in [-0.4, -0.2) is 23.5 Å². The summed E-state index contributed by atoms with van der Waals surface area (Å²) >= 11 is 1.40. The molecule has 5 heteroatoms. The van der Waals surface area contributed by atoms with Crippen LogP contribution in [0.15, 0.2) is 12.1 Å². The average molecular weight is 255 g/mol. The normalized spacial score (nSPS) is 12.5. The molecule has 0 aliphatic carbocycles. The van der Waals surface area contributed by atoms with E-state index in [9.17, 15) is 9.59 Å². The quantitative estimate of drug-likeness (QED) is 0.847. The molecule has 4 nitrogen and oxygen atoms in total. The van der Waals surface area contributed by atoms with Gasteiger partial charge in [-0.2, -0.15) is 0 Å². The number of aryl methyl sites for hydroxylation is 1. The van der Waals surface area contributed by atoms with E-state index >= 15 is 0 Å². The van der Waals surface area contributed by atoms with E-state index in [-0.39, 0.29) is 18.4 Å². The van der Waals surface area contributed by atoms with Crippen molar-refractivity contribution in [1.29, 1.82) is 0 Å². The minimum absolute atomic E-state index is 0.00197. The number of hydrogen-bond acceptors (Lipinski definition) is 3. The van der Waals surface area contributed by atoms with E-state index in [4.69, 9.17) is 5.11 Å². The molecule has 1 amide bonds. The maximum absolute atomic E-state index is 11.7. The number of carboxylic acid groups (broad SMARTS) is 1. The Hall–Kier alpha value is -1.36. The van der Waals surface area contributed by atoms with Crippen molar-refractivity contribution >= 4 is 23.2 Å². The molecule has 0 saturated heterocycles. The number of nitrogens with one attached hydrogen (secondary N) is 1. The fraction of sp³-hybridized carbons (Fsp3) is 0.500. The van der Waals surface area contributed by atoms with E-state index in [1.807, 2.05) is 26.8 Å². The van der Waals surface area contributed by atoms with Gasteiger partial charge in [-0.05, 0) is 25.0 Å². The van der Waals surface area contributed by atoms with Gasteiger partial charge in [-0.15, -0.1) is 11.3 Å². The van der Waals surface area contributed by atoms with Gasteiger partial charge in [0, 0.05) is 11.4 Å². The Balaban J connectivity index is 2.55. The number of amides is 1. The van der Waals surface area contributed by atoms with Gasteiger partial charge < -0.3 is 10.4 Å². The second-order valence-corrected chi connectivity index (χ2v) is 5.60. The maximum atomic E-state index is 11.7. The molecule has 0 aliphatic rings. The van der Waals surface area contributed by atoms with Gasteiger partial charge in [-0.3, -0.25) is 9.59 Å². The lowest BCUT2D eigenvalue weighted by Crippen LogP contribution is -2.35. The van der Waals surface area contributed by atoms with Gasteiger partial charge in [0.1, 0.15) is 0 Å². The first kappa shape index (κ1) is 13.7. The summed E-state index contributed by atoms with van der Waals surface area (Å²) in [6, 6.07) is 3.62. The second kappa shape index (κ2) is 5.82. The summed E-state index contributed by atoms with van der Waals surface area (Å²) in [5.41, 5.74) is 0. The molecule has 0 fully saturated rings. The van der Waals surface area contributed by atoms with E-state index < -0.39 is 11.9 Å². The molecular weight excluding hydrogens is 238 g/mol. The average Bonchev–Trinajstić information content (AvgIpc) is 2.63. The summed E-state index contributed by atoms with van der Waals surface area (Å²) in [6.07, 6.45) is 0. The van der Waals surface area contributed by atoms with Gasteiger partial charge in [0.2, 0.25) is 0 Å². The SMILES string of the molecule is Cc1ccc(C(=O)NCC(C(=O)O)C(C)C)s1. The monoisotopic (exact) mass is 255 g/mol. The Labute approximate surface area is 105 Å². The zero-order chi connectivity index (χ0) is 13.0. The Bertz CT molecular complexity index is 412. The molecule has 0 radical (unpaired) electrons. The summed E-state index contributed by atoms with van der Waals surface area (Å²) < 4.78 is 0. The van der Waals surface area contributed by atoms with E-state index in [0.29, 0.717) is 4.88 Å². The van der Waals surface area contributed by atoms with Crippen molar-refractivity contribution in [3.05, 3.63) is 21.9 Å². The van der Waals surface area contributed by atoms with E-state index in [1.54, 1.807) is 6.07 Å². The van der Waals surface area contributed by atoms with Crippen LogP contribution in [0.1, 0.15) is 28.4 Å². The number of rotatable bonds is 5. The highest BCUT2D eigenvalue weighted by Gasteiger charge is 2.22. The topological polar surface area (TPSA) is 66.4 Å². The predicted octanol–water partition coefficient (Wildman–Crippen LogP) is 2.14. The summed E-state index contributed by atoms with van der Waals surface area (Å²) in [4.78, 5) is 24.3. The third-order valence-corrected chi connectivity index (χ3v) is 3.57. The van der Waals surface area contributed by atoms with Crippen molar-refractivity contribution in [2.24, 2.45) is 11.8 Å². The van der Waals surface area contributed by atoms with Crippen LogP contribution >= 0.6 is 11.3 Å². The van der Waals surface area contributed by atoms with Crippen LogP contribution in [0.5, 0.6) is 0 Å². The van der Waals surface area contributed by atoms with Gasteiger partial charge in [-0.25, -0.2) is 0 Å². The molecule has 1 heterocycles. The van der Waals surface area contributed by atoms with Crippen molar-refractivity contribution in [1.82, 2.24) is 5.32 Å². The molecule has 1 atom stereocenters. The molecule has 0 aliphatic heterocycles. The molecule has 0 aromatic carbocycles. The fourth-order valence-corrected chi connectivity index (χ4v) is 2.24. The molecular formula is C12H17NO3S. The molecule has 1 unspecified atom stereocenters. The van der Waals surface area contributed by atoms with Crippen molar-refractivity contribution in [2.45, 2.75) is 20.8 Å². The number of carbonyl (C=O) groups is 2. The molecule has 2 N–H and O–H groups in total. The van der Waals surface area contributed by atoms with Crippen molar-refractivity contribution in [3.8, 4) is 0 Å². The van der Waals surface area contributed by atoms with Gasteiger partial charge in [0.05, 0.1) is 10.8 Å². The Morgan fingerprint density at radius 2 is 2.06 bits per heavy atom. The van der Waals surface area contributed by atoms with Gasteiger partial charge in [-0.1, -0.05) is 13.8 Å². The zero-order valence-corrected chi connectivity index (χ0v) is 11.0. The lowest BCUT2D eigenvalue weighted by Gasteiger charge is -2.16. The van der Waals surface area contributed by atoms with E-state index in [0.717, 1.165) is 4.88 Å². The van der Waals surface area contributed by atoms with Crippen LogP contribution < -0.4 is 5.32 Å². The number of thiophene rings is 1. The molecule has 1 aromatic heterocycles. The van der Waals surface area contributed by atoms with E-state index in [2.05, 4.69) is 5.32 Å². The molecule has 17 heavy (non-hydrogen) atoms. The number of carbonyl (C=O) groups excluding carboxylic acids is 1. The van der Waals surface area contributed by atoms with Crippen LogP contribution in [0.4, 0.5) is 0 Å². The van der Waals surface area contributed by atoms with Crippen LogP contribution in [0.25, 0.3) is 0 Å². The lowest BCUT2D eigenvalue weighted by atomic mass is 9.96. The highest BCUT2D eigenvalue weighted by molar-refractivity contribution is 7.13. The summed E-state index contributed by atoms with van der Waals surface area (Å²) in [5, 5.41) is 11.6. The summed E-state index contributed by atoms with van der Waals surface area (Å²) in [5.74, 6) is -1.62. The second-order valence-electron chi connectivity index (χ2n) is 4.31. The minimum Gasteiger partial charge on any atom is -0.481 e. The van der Waals surface area contributed by atoms with Crippen molar-refractivity contribution in [3.63, 3.8) is 0 Å². The molecule has 0 spiro atoms. The van der Waals surface area contributed by atoms with Crippen molar-refractivity contribution in [2.75, 3.05) is 6.54 Å². The first-order valence-corrected chi connectivity index (χ1v) is 6.31. The standard InChI is InChI=1S/C12H17NO3S/c1-7(2)9(12(15)16)6-13-11(14)10-5-4-8(3)17-10/h4-5,7,9H,6H2,1-3H3,(H,13,14)(H,15,16). The maximum Gasteiger partial charge on any atom is 0.308 e. The lowest BCUT2D eigenvalue weighted by molar-refractivity contribution is -0.142. The largest absolute Gasteiger partial charge is 0.481 e. The van der Waals surface area contributed by atoms with Crippen LogP contribution in [0.2, 0.25) is 0 Å². The Kier molecular flexibility index (Phi) is 4.69. The third kappa shape index (κ3) is 3.85. The third-order valence-electron chi connectivity index (χ3n) is 2.57. The van der Waals surface area contributed by atoms with Gasteiger partial charge >= 0.3 is 5.97 Å². The fourth-order valence-electron chi connectivity index (χ4n) is 1.45.